The highest BCUT2D eigenvalue weighted by Gasteiger charge is 2.35. The summed E-state index contributed by atoms with van der Waals surface area (Å²) in [6.07, 6.45) is -0.318. The zero-order chi connectivity index (χ0) is 32.9. The van der Waals surface area contributed by atoms with Crippen LogP contribution in [0.5, 0.6) is 5.75 Å². The Balaban J connectivity index is 1.92. The SMILES string of the molecule is COc1cccc(-c2c(C)n(Cc3c(F)cccc3C(F)(F)F)c(=O)n(CC(NCCCC(=O)O)C3CCCCC3)c2=O)c1F. The molecule has 2 aromatic carbocycles. The average molecular weight is 638 g/mol. The topological polar surface area (TPSA) is 103 Å². The maximum atomic E-state index is 15.6. The molecule has 3 aromatic rings. The second kappa shape index (κ2) is 14.4. The third kappa shape index (κ3) is 7.63. The van der Waals surface area contributed by atoms with Crippen molar-refractivity contribution in [3.05, 3.63) is 85.7 Å². The number of ether oxygens (including phenoxy) is 1. The first-order chi connectivity index (χ1) is 21.3. The van der Waals surface area contributed by atoms with Gasteiger partial charge in [-0.1, -0.05) is 37.5 Å². The van der Waals surface area contributed by atoms with Gasteiger partial charge in [-0.25, -0.2) is 13.6 Å². The molecule has 1 aliphatic rings. The Morgan fingerprint density at radius 3 is 2.40 bits per heavy atom. The van der Waals surface area contributed by atoms with Crippen molar-refractivity contribution < 1.29 is 36.6 Å². The summed E-state index contributed by atoms with van der Waals surface area (Å²) in [7, 11) is 1.23. The van der Waals surface area contributed by atoms with Crippen LogP contribution in [0.2, 0.25) is 0 Å². The van der Waals surface area contributed by atoms with Crippen molar-refractivity contribution in [1.82, 2.24) is 14.5 Å². The van der Waals surface area contributed by atoms with Crippen LogP contribution < -0.4 is 21.3 Å². The minimum absolute atomic E-state index is 0.0186. The van der Waals surface area contributed by atoms with E-state index in [9.17, 15) is 31.9 Å². The Morgan fingerprint density at radius 1 is 1.07 bits per heavy atom. The van der Waals surface area contributed by atoms with Crippen LogP contribution in [-0.2, 0) is 24.1 Å². The van der Waals surface area contributed by atoms with Gasteiger partial charge in [-0.05, 0) is 56.8 Å². The van der Waals surface area contributed by atoms with Crippen molar-refractivity contribution in [2.75, 3.05) is 13.7 Å². The summed E-state index contributed by atoms with van der Waals surface area (Å²) in [4.78, 5) is 39.1. The second-order valence-corrected chi connectivity index (χ2v) is 11.3. The molecule has 244 valence electrons. The molecule has 0 bridgehead atoms. The summed E-state index contributed by atoms with van der Waals surface area (Å²) < 4.78 is 79.1. The molecule has 1 atom stereocenters. The highest BCUT2D eigenvalue weighted by Crippen LogP contribution is 2.34. The van der Waals surface area contributed by atoms with Gasteiger partial charge in [0.25, 0.3) is 5.56 Å². The van der Waals surface area contributed by atoms with E-state index in [1.54, 1.807) is 0 Å². The van der Waals surface area contributed by atoms with Crippen molar-refractivity contribution in [2.24, 2.45) is 5.92 Å². The van der Waals surface area contributed by atoms with Crippen LogP contribution >= 0.6 is 0 Å². The number of benzene rings is 2. The number of carbonyl (C=O) groups is 1. The number of nitrogens with zero attached hydrogens (tertiary/aromatic N) is 2. The maximum Gasteiger partial charge on any atom is 0.416 e. The monoisotopic (exact) mass is 637 g/mol. The fourth-order valence-electron chi connectivity index (χ4n) is 6.10. The normalized spacial score (nSPS) is 14.8. The molecule has 45 heavy (non-hydrogen) atoms. The van der Waals surface area contributed by atoms with Gasteiger partial charge < -0.3 is 15.2 Å². The number of alkyl halides is 3. The van der Waals surface area contributed by atoms with E-state index in [0.717, 1.165) is 53.4 Å². The van der Waals surface area contributed by atoms with Crippen LogP contribution in [0.25, 0.3) is 11.1 Å². The zero-order valence-corrected chi connectivity index (χ0v) is 25.1. The molecular weight excluding hydrogens is 601 g/mol. The second-order valence-electron chi connectivity index (χ2n) is 11.3. The Bertz CT molecular complexity index is 1640. The molecule has 0 saturated heterocycles. The van der Waals surface area contributed by atoms with E-state index < -0.39 is 58.7 Å². The van der Waals surface area contributed by atoms with Gasteiger partial charge in [-0.2, -0.15) is 13.2 Å². The van der Waals surface area contributed by atoms with E-state index in [4.69, 9.17) is 9.84 Å². The number of aliphatic carboxylic acids is 1. The predicted octanol–water partition coefficient (Wildman–Crippen LogP) is 5.74. The fourth-order valence-corrected chi connectivity index (χ4v) is 6.10. The van der Waals surface area contributed by atoms with Crippen molar-refractivity contribution in [3.8, 4) is 16.9 Å². The molecular formula is C32H36F5N3O5. The van der Waals surface area contributed by atoms with E-state index in [1.165, 1.54) is 32.2 Å². The first-order valence-electron chi connectivity index (χ1n) is 14.8. The molecule has 0 amide bonds. The van der Waals surface area contributed by atoms with Crippen LogP contribution in [0.1, 0.15) is 61.8 Å². The maximum absolute atomic E-state index is 15.6. The number of rotatable bonds is 12. The van der Waals surface area contributed by atoms with Crippen molar-refractivity contribution in [3.63, 3.8) is 0 Å². The van der Waals surface area contributed by atoms with Gasteiger partial charge in [-0.15, -0.1) is 0 Å². The first kappa shape index (κ1) is 33.9. The summed E-state index contributed by atoms with van der Waals surface area (Å²) in [5, 5.41) is 12.3. The number of halogens is 5. The first-order valence-corrected chi connectivity index (χ1v) is 14.8. The predicted molar refractivity (Wildman–Crippen MR) is 157 cm³/mol. The van der Waals surface area contributed by atoms with Gasteiger partial charge in [0.1, 0.15) is 5.82 Å². The average Bonchev–Trinajstić information content (AvgIpc) is 2.99. The molecule has 4 rings (SSSR count). The molecule has 1 unspecified atom stereocenters. The van der Waals surface area contributed by atoms with Crippen molar-refractivity contribution >= 4 is 5.97 Å². The number of hydrogen-bond acceptors (Lipinski definition) is 5. The molecule has 1 aliphatic carbocycles. The molecule has 8 nitrogen and oxygen atoms in total. The lowest BCUT2D eigenvalue weighted by atomic mass is 9.83. The molecule has 1 fully saturated rings. The summed E-state index contributed by atoms with van der Waals surface area (Å²) in [5.41, 5.74) is -4.56. The molecule has 0 spiro atoms. The highest BCUT2D eigenvalue weighted by molar-refractivity contribution is 5.67. The Morgan fingerprint density at radius 2 is 1.76 bits per heavy atom. The van der Waals surface area contributed by atoms with E-state index in [1.807, 2.05) is 0 Å². The van der Waals surface area contributed by atoms with E-state index in [2.05, 4.69) is 5.32 Å². The number of nitrogens with one attached hydrogen (secondary N) is 1. The Labute approximate surface area is 256 Å². The van der Waals surface area contributed by atoms with E-state index in [-0.39, 0.29) is 48.0 Å². The van der Waals surface area contributed by atoms with E-state index >= 15 is 4.39 Å². The standard InChI is InChI=1S/C32H36F5N3O5/c1-19-28(21-11-6-14-26(45-2)29(21)34)30(43)40(18-25(20-9-4-3-5-10-20)38-16-8-15-27(41)42)31(44)39(19)17-22-23(32(35,36)37)12-7-13-24(22)33/h6-7,11-14,20,25,38H,3-5,8-10,15-18H2,1-2H3,(H,41,42). The molecule has 13 heteroatoms. The number of carboxylic acids is 1. The summed E-state index contributed by atoms with van der Waals surface area (Å²) in [6, 6.07) is 6.07. The van der Waals surface area contributed by atoms with Gasteiger partial charge in [0.15, 0.2) is 11.6 Å². The third-order valence-corrected chi connectivity index (χ3v) is 8.45. The minimum atomic E-state index is -4.93. The van der Waals surface area contributed by atoms with Gasteiger partial charge in [0.2, 0.25) is 0 Å². The third-order valence-electron chi connectivity index (χ3n) is 8.45. The minimum Gasteiger partial charge on any atom is -0.494 e. The number of methoxy groups -OCH3 is 1. The Kier molecular flexibility index (Phi) is 10.8. The molecule has 0 radical (unpaired) electrons. The Hall–Kier alpha value is -4.00. The summed E-state index contributed by atoms with van der Waals surface area (Å²) >= 11 is 0. The lowest BCUT2D eigenvalue weighted by Gasteiger charge is -2.32. The molecule has 2 N–H and O–H groups in total. The molecule has 1 heterocycles. The number of aromatic nitrogens is 2. The van der Waals surface area contributed by atoms with Crippen molar-refractivity contribution in [1.29, 1.82) is 0 Å². The molecule has 1 saturated carbocycles. The van der Waals surface area contributed by atoms with Crippen LogP contribution in [0.15, 0.2) is 46.0 Å². The van der Waals surface area contributed by atoms with E-state index in [0.29, 0.717) is 12.5 Å². The lowest BCUT2D eigenvalue weighted by Crippen LogP contribution is -2.49. The molecule has 0 aliphatic heterocycles. The largest absolute Gasteiger partial charge is 0.494 e. The number of carboxylic acid groups (broad SMARTS) is 1. The smallest absolute Gasteiger partial charge is 0.416 e. The highest BCUT2D eigenvalue weighted by atomic mass is 19.4. The zero-order valence-electron chi connectivity index (χ0n) is 25.1. The van der Waals surface area contributed by atoms with Crippen LogP contribution in [0.4, 0.5) is 22.0 Å². The summed E-state index contributed by atoms with van der Waals surface area (Å²) in [5.74, 6) is -3.24. The number of hydrogen-bond donors (Lipinski definition) is 2. The van der Waals surface area contributed by atoms with Crippen molar-refractivity contribution in [2.45, 2.75) is 77.2 Å². The van der Waals surface area contributed by atoms with Gasteiger partial charge in [0.05, 0.1) is 24.8 Å². The molecule has 1 aromatic heterocycles. The van der Waals surface area contributed by atoms with Crippen LogP contribution in [0.3, 0.4) is 0 Å². The summed E-state index contributed by atoms with van der Waals surface area (Å²) in [6.45, 7) is 0.505. The fraction of sp³-hybridized carbons (Fsp3) is 0.469. The van der Waals surface area contributed by atoms with Gasteiger partial charge >= 0.3 is 17.8 Å². The quantitative estimate of drug-likeness (QED) is 0.194. The van der Waals surface area contributed by atoms with Gasteiger partial charge in [0, 0.05) is 35.8 Å². The van der Waals surface area contributed by atoms with Gasteiger partial charge in [-0.3, -0.25) is 18.7 Å². The lowest BCUT2D eigenvalue weighted by molar-refractivity contribution is -0.138. The van der Waals surface area contributed by atoms with Crippen LogP contribution in [-0.4, -0.2) is 39.9 Å². The van der Waals surface area contributed by atoms with Crippen LogP contribution in [0, 0.1) is 24.5 Å².